The molecule has 0 heterocycles. The van der Waals surface area contributed by atoms with Crippen molar-refractivity contribution in [3.05, 3.63) is 190 Å². The van der Waals surface area contributed by atoms with Gasteiger partial charge >= 0.3 is 0 Å². The molecule has 14 nitrogen and oxygen atoms in total. The predicted molar refractivity (Wildman–Crippen MR) is 246 cm³/mol. The smallest absolute Gasteiger partial charge is 0.269 e. The molecule has 8 aromatic carbocycles. The fourth-order valence-corrected chi connectivity index (χ4v) is 6.85. The number of azo groups is 2. The van der Waals surface area contributed by atoms with E-state index < -0.39 is 9.85 Å². The van der Waals surface area contributed by atoms with E-state index in [0.29, 0.717) is 73.5 Å². The van der Waals surface area contributed by atoms with E-state index in [2.05, 4.69) is 56.9 Å². The molecule has 318 valence electrons. The number of benzene rings is 8. The van der Waals surface area contributed by atoms with Gasteiger partial charge in [-0.1, -0.05) is 60.7 Å². The molecule has 0 aliphatic carbocycles. The van der Waals surface area contributed by atoms with Crippen molar-refractivity contribution in [2.24, 2.45) is 20.5 Å². The van der Waals surface area contributed by atoms with Crippen molar-refractivity contribution < 1.29 is 28.8 Å². The van der Waals surface area contributed by atoms with Gasteiger partial charge in [0.25, 0.3) is 11.4 Å². The van der Waals surface area contributed by atoms with Crippen molar-refractivity contribution in [3.63, 3.8) is 0 Å². The summed E-state index contributed by atoms with van der Waals surface area (Å²) in [4.78, 5) is 20.9. The zero-order valence-corrected chi connectivity index (χ0v) is 34.4. The van der Waals surface area contributed by atoms with Crippen molar-refractivity contribution in [1.29, 1.82) is 0 Å². The first-order chi connectivity index (χ1) is 31.4. The van der Waals surface area contributed by atoms with Gasteiger partial charge in [-0.2, -0.15) is 20.5 Å². The van der Waals surface area contributed by atoms with Crippen LogP contribution in [0.1, 0.15) is 12.8 Å². The molecule has 0 saturated carbocycles. The molecule has 0 amide bonds. The summed E-state index contributed by atoms with van der Waals surface area (Å²) in [5.74, 6) is 2.84. The van der Waals surface area contributed by atoms with Crippen molar-refractivity contribution >= 4 is 55.7 Å². The Labute approximate surface area is 367 Å². The minimum Gasteiger partial charge on any atom is -0.493 e. The molecule has 8 rings (SSSR count). The number of ether oxygens (including phenoxy) is 4. The molecule has 0 radical (unpaired) electrons. The summed E-state index contributed by atoms with van der Waals surface area (Å²) >= 11 is 0. The summed E-state index contributed by atoms with van der Waals surface area (Å²) in [6.07, 6.45) is 1.25. The zero-order chi connectivity index (χ0) is 44.1. The monoisotopic (exact) mass is 852 g/mol. The Hall–Kier alpha value is -8.52. The highest BCUT2D eigenvalue weighted by Gasteiger charge is 2.19. The molecule has 0 bridgehead atoms. The van der Waals surface area contributed by atoms with Crippen molar-refractivity contribution in [2.75, 3.05) is 26.4 Å². The Morgan fingerprint density at radius 3 is 1.06 bits per heavy atom. The second kappa shape index (κ2) is 20.4. The molecule has 0 spiro atoms. The van der Waals surface area contributed by atoms with E-state index in [4.69, 9.17) is 18.9 Å². The zero-order valence-electron chi connectivity index (χ0n) is 34.4. The van der Waals surface area contributed by atoms with Crippen molar-refractivity contribution in [2.45, 2.75) is 12.8 Å². The van der Waals surface area contributed by atoms with Crippen LogP contribution in [-0.4, -0.2) is 36.3 Å². The Morgan fingerprint density at radius 2 is 0.703 bits per heavy atom. The number of hydrogen-bond donors (Lipinski definition) is 0. The molecule has 14 heteroatoms. The Balaban J connectivity index is 0.891. The lowest BCUT2D eigenvalue weighted by Crippen LogP contribution is -2.07. The summed E-state index contributed by atoms with van der Waals surface area (Å²) in [5.41, 5.74) is 4.16. The maximum absolute atomic E-state index is 10.9. The van der Waals surface area contributed by atoms with Gasteiger partial charge in [0, 0.05) is 48.2 Å². The first-order valence-electron chi connectivity index (χ1n) is 20.5. The summed E-state index contributed by atoms with van der Waals surface area (Å²) in [6.45, 7) is 1.68. The van der Waals surface area contributed by atoms with Crippen LogP contribution in [0.5, 0.6) is 23.0 Å². The summed E-state index contributed by atoms with van der Waals surface area (Å²) in [6, 6.07) is 50.9. The third-order valence-electron chi connectivity index (χ3n) is 10.0. The van der Waals surface area contributed by atoms with E-state index in [1.807, 2.05) is 60.7 Å². The Morgan fingerprint density at radius 1 is 0.375 bits per heavy atom. The van der Waals surface area contributed by atoms with Crippen LogP contribution in [0.2, 0.25) is 0 Å². The summed E-state index contributed by atoms with van der Waals surface area (Å²) in [5, 5.41) is 42.8. The second-order valence-corrected chi connectivity index (χ2v) is 14.4. The van der Waals surface area contributed by atoms with E-state index >= 15 is 0 Å². The molecular formula is C50H40N6O8. The van der Waals surface area contributed by atoms with Crippen LogP contribution < -0.4 is 18.9 Å². The minimum atomic E-state index is -0.456. The number of nitrogens with zero attached hydrogens (tertiary/aromatic N) is 6. The number of non-ortho nitro benzene ring substituents is 2. The average Bonchev–Trinajstić information content (AvgIpc) is 3.33. The van der Waals surface area contributed by atoms with E-state index in [9.17, 15) is 20.2 Å². The third kappa shape index (κ3) is 10.7. The molecule has 0 saturated heterocycles. The summed E-state index contributed by atoms with van der Waals surface area (Å²) in [7, 11) is 0. The molecule has 0 N–H and O–H groups in total. The first kappa shape index (κ1) is 42.2. The predicted octanol–water partition coefficient (Wildman–Crippen LogP) is 14.0. The van der Waals surface area contributed by atoms with E-state index in [0.717, 1.165) is 44.2 Å². The molecular weight excluding hydrogens is 813 g/mol. The van der Waals surface area contributed by atoms with Crippen LogP contribution in [0.15, 0.2) is 190 Å². The summed E-state index contributed by atoms with van der Waals surface area (Å²) < 4.78 is 25.1. The standard InChI is InChI=1S/C50H40N6O8/c57-55(58)41-21-13-37(14-22-41)51-53-39-17-25-43(26-18-39)61-31-5-33-63-47-29-11-35-7-1-3-9-45(35)49(47)50-46-10-4-2-8-36(46)12-30-48(50)64-34-6-32-62-44-27-19-40(20-28-44)54-52-38-15-23-42(24-16-38)56(59)60/h1-4,7-30H,5-6,31-34H2. The first-order valence-corrected chi connectivity index (χ1v) is 20.5. The molecule has 0 unspecified atom stereocenters. The lowest BCUT2D eigenvalue weighted by Gasteiger charge is -2.20. The molecule has 0 atom stereocenters. The lowest BCUT2D eigenvalue weighted by molar-refractivity contribution is -0.385. The van der Waals surface area contributed by atoms with Crippen LogP contribution in [0.4, 0.5) is 34.1 Å². The number of nitro benzene ring substituents is 2. The van der Waals surface area contributed by atoms with Gasteiger partial charge in [0.1, 0.15) is 23.0 Å². The lowest BCUT2D eigenvalue weighted by atomic mass is 9.92. The topological polar surface area (TPSA) is 173 Å². The van der Waals surface area contributed by atoms with Gasteiger partial charge in [-0.05, 0) is 106 Å². The highest BCUT2D eigenvalue weighted by molar-refractivity contribution is 6.09. The number of rotatable bonds is 19. The molecule has 64 heavy (non-hydrogen) atoms. The molecule has 0 aliphatic heterocycles. The van der Waals surface area contributed by atoms with Gasteiger partial charge in [-0.25, -0.2) is 0 Å². The van der Waals surface area contributed by atoms with E-state index in [1.54, 1.807) is 48.5 Å². The highest BCUT2D eigenvalue weighted by atomic mass is 16.6. The van der Waals surface area contributed by atoms with Crippen molar-refractivity contribution in [3.8, 4) is 34.1 Å². The Kier molecular flexibility index (Phi) is 13.4. The molecule has 8 aromatic rings. The molecule has 0 fully saturated rings. The van der Waals surface area contributed by atoms with Crippen LogP contribution in [0, 0.1) is 20.2 Å². The van der Waals surface area contributed by atoms with Gasteiger partial charge in [0.15, 0.2) is 0 Å². The molecule has 0 aliphatic rings. The maximum atomic E-state index is 10.9. The van der Waals surface area contributed by atoms with E-state index in [1.165, 1.54) is 24.3 Å². The Bertz CT molecular complexity index is 2740. The van der Waals surface area contributed by atoms with Gasteiger partial charge in [0.05, 0.1) is 59.0 Å². The third-order valence-corrected chi connectivity index (χ3v) is 10.0. The van der Waals surface area contributed by atoms with E-state index in [-0.39, 0.29) is 11.4 Å². The van der Waals surface area contributed by atoms with Gasteiger partial charge in [-0.3, -0.25) is 20.2 Å². The quantitative estimate of drug-likeness (QED) is 0.0334. The fourth-order valence-electron chi connectivity index (χ4n) is 6.85. The van der Waals surface area contributed by atoms with Gasteiger partial charge < -0.3 is 18.9 Å². The van der Waals surface area contributed by atoms with Crippen molar-refractivity contribution in [1.82, 2.24) is 0 Å². The fraction of sp³-hybridized carbons (Fsp3) is 0.120. The number of fused-ring (bicyclic) bond motifs is 2. The van der Waals surface area contributed by atoms with Gasteiger partial charge in [0.2, 0.25) is 0 Å². The average molecular weight is 853 g/mol. The van der Waals surface area contributed by atoms with Gasteiger partial charge in [-0.15, -0.1) is 0 Å². The largest absolute Gasteiger partial charge is 0.493 e. The van der Waals surface area contributed by atoms with Crippen LogP contribution in [-0.2, 0) is 0 Å². The highest BCUT2D eigenvalue weighted by Crippen LogP contribution is 2.45. The maximum Gasteiger partial charge on any atom is 0.269 e. The second-order valence-electron chi connectivity index (χ2n) is 14.4. The van der Waals surface area contributed by atoms with Crippen LogP contribution >= 0.6 is 0 Å². The number of nitro groups is 2. The normalized spacial score (nSPS) is 11.3. The van der Waals surface area contributed by atoms with Crippen LogP contribution in [0.25, 0.3) is 32.7 Å². The van der Waals surface area contributed by atoms with Crippen LogP contribution in [0.3, 0.4) is 0 Å². The SMILES string of the molecule is O=[N+]([O-])c1ccc(N=Nc2ccc(OCCCOc3ccc4ccccc4c3-c3c(OCCCOc4ccc(N=Nc5ccc([N+](=O)[O-])cc5)cc4)ccc4ccccc34)cc2)cc1. The number of hydrogen-bond acceptors (Lipinski definition) is 12. The molecule has 0 aromatic heterocycles. The minimum absolute atomic E-state index is 0.00353.